The Balaban J connectivity index is 2.67. The number of amides is 1. The Hall–Kier alpha value is -2.08. The molecule has 0 saturated carbocycles. The third-order valence-electron chi connectivity index (χ3n) is 2.70. The molecule has 0 bridgehead atoms. The van der Waals surface area contributed by atoms with E-state index in [1.165, 1.54) is 0 Å². The molecule has 0 aromatic heterocycles. The SMILES string of the molecule is CC(C)(C)OC(=O)NCc1ccccc1C[C@@H](N)C(=O)O. The molecule has 0 spiro atoms. The molecule has 0 unspecified atom stereocenters. The van der Waals surface area contributed by atoms with Gasteiger partial charge in [0.1, 0.15) is 11.6 Å². The topological polar surface area (TPSA) is 102 Å². The number of alkyl carbamates (subject to hydrolysis) is 1. The molecule has 6 nitrogen and oxygen atoms in total. The van der Waals surface area contributed by atoms with Crippen molar-refractivity contribution in [1.82, 2.24) is 5.32 Å². The van der Waals surface area contributed by atoms with Gasteiger partial charge in [0.05, 0.1) is 0 Å². The van der Waals surface area contributed by atoms with Gasteiger partial charge in [-0.05, 0) is 38.3 Å². The first kappa shape index (κ1) is 17.0. The molecule has 1 rings (SSSR count). The van der Waals surface area contributed by atoms with E-state index in [1.54, 1.807) is 32.9 Å². The van der Waals surface area contributed by atoms with Gasteiger partial charge in [0.15, 0.2) is 0 Å². The van der Waals surface area contributed by atoms with E-state index in [4.69, 9.17) is 15.6 Å². The first-order valence-electron chi connectivity index (χ1n) is 6.71. The average Bonchev–Trinajstić information content (AvgIpc) is 2.35. The van der Waals surface area contributed by atoms with E-state index in [2.05, 4.69) is 5.32 Å². The Morgan fingerprint density at radius 1 is 1.29 bits per heavy atom. The summed E-state index contributed by atoms with van der Waals surface area (Å²) in [6, 6.07) is 6.28. The van der Waals surface area contributed by atoms with Crippen molar-refractivity contribution >= 4 is 12.1 Å². The molecule has 0 saturated heterocycles. The Bertz CT molecular complexity index is 509. The summed E-state index contributed by atoms with van der Waals surface area (Å²) in [6.45, 7) is 5.61. The molecule has 1 atom stereocenters. The van der Waals surface area contributed by atoms with Gasteiger partial charge in [-0.2, -0.15) is 0 Å². The van der Waals surface area contributed by atoms with Crippen LogP contribution in [0.1, 0.15) is 31.9 Å². The van der Waals surface area contributed by atoms with Crippen LogP contribution in [0.15, 0.2) is 24.3 Å². The third kappa shape index (κ3) is 6.27. The number of carboxylic acid groups (broad SMARTS) is 1. The van der Waals surface area contributed by atoms with Crippen molar-refractivity contribution in [3.05, 3.63) is 35.4 Å². The first-order chi connectivity index (χ1) is 9.69. The lowest BCUT2D eigenvalue weighted by atomic mass is 10.0. The standard InChI is InChI=1S/C15H22N2O4/c1-15(2,3)21-14(20)17-9-11-7-5-4-6-10(11)8-12(16)13(18)19/h4-7,12H,8-9,16H2,1-3H3,(H,17,20)(H,18,19)/t12-/m1/s1. The predicted octanol–water partition coefficient (Wildman–Crippen LogP) is 1.67. The summed E-state index contributed by atoms with van der Waals surface area (Å²) in [5.74, 6) is -1.05. The highest BCUT2D eigenvalue weighted by atomic mass is 16.6. The lowest BCUT2D eigenvalue weighted by Gasteiger charge is -2.20. The zero-order valence-corrected chi connectivity index (χ0v) is 12.6. The van der Waals surface area contributed by atoms with Crippen LogP contribution in [0.25, 0.3) is 0 Å². The summed E-state index contributed by atoms with van der Waals surface area (Å²) in [6.07, 6.45) is -0.304. The molecule has 1 amide bonds. The summed E-state index contributed by atoms with van der Waals surface area (Å²) in [5.41, 5.74) is 6.60. The van der Waals surface area contributed by atoms with Gasteiger partial charge in [0.2, 0.25) is 0 Å². The number of nitrogens with two attached hydrogens (primary N) is 1. The van der Waals surface area contributed by atoms with E-state index >= 15 is 0 Å². The lowest BCUT2D eigenvalue weighted by molar-refractivity contribution is -0.138. The molecule has 1 aromatic carbocycles. The zero-order chi connectivity index (χ0) is 16.0. The molecule has 0 aliphatic heterocycles. The van der Waals surface area contributed by atoms with Gasteiger partial charge in [-0.1, -0.05) is 24.3 Å². The molecule has 0 fully saturated rings. The van der Waals surface area contributed by atoms with E-state index < -0.39 is 23.7 Å². The van der Waals surface area contributed by atoms with Crippen LogP contribution in [0, 0.1) is 0 Å². The van der Waals surface area contributed by atoms with E-state index in [1.807, 2.05) is 12.1 Å². The van der Waals surface area contributed by atoms with Crippen molar-refractivity contribution in [2.45, 2.75) is 45.4 Å². The van der Waals surface area contributed by atoms with Crippen molar-refractivity contribution in [2.75, 3.05) is 0 Å². The van der Waals surface area contributed by atoms with Crippen molar-refractivity contribution in [1.29, 1.82) is 0 Å². The van der Waals surface area contributed by atoms with E-state index in [-0.39, 0.29) is 13.0 Å². The summed E-state index contributed by atoms with van der Waals surface area (Å²) in [4.78, 5) is 22.4. The van der Waals surface area contributed by atoms with Gasteiger partial charge in [0.25, 0.3) is 0 Å². The molecule has 0 heterocycles. The maximum atomic E-state index is 11.6. The van der Waals surface area contributed by atoms with E-state index in [0.29, 0.717) is 0 Å². The minimum Gasteiger partial charge on any atom is -0.480 e. The fourth-order valence-electron chi connectivity index (χ4n) is 1.73. The quantitative estimate of drug-likeness (QED) is 0.766. The Morgan fingerprint density at radius 3 is 2.38 bits per heavy atom. The number of carbonyl (C=O) groups excluding carboxylic acids is 1. The number of hydrogen-bond donors (Lipinski definition) is 3. The third-order valence-corrected chi connectivity index (χ3v) is 2.70. The van der Waals surface area contributed by atoms with Gasteiger partial charge in [0, 0.05) is 6.54 Å². The molecular formula is C15H22N2O4. The van der Waals surface area contributed by atoms with E-state index in [0.717, 1.165) is 11.1 Å². The molecule has 6 heteroatoms. The number of carbonyl (C=O) groups is 2. The summed E-state index contributed by atoms with van der Waals surface area (Å²) >= 11 is 0. The molecule has 0 aliphatic rings. The molecular weight excluding hydrogens is 272 g/mol. The normalized spacial score (nSPS) is 12.6. The molecule has 21 heavy (non-hydrogen) atoms. The smallest absolute Gasteiger partial charge is 0.407 e. The summed E-state index contributed by atoms with van der Waals surface area (Å²) in [7, 11) is 0. The maximum absolute atomic E-state index is 11.6. The molecule has 1 aromatic rings. The van der Waals surface area contributed by atoms with Crippen LogP contribution in [0.5, 0.6) is 0 Å². The van der Waals surface area contributed by atoms with Crippen LogP contribution in [-0.4, -0.2) is 28.8 Å². The summed E-state index contributed by atoms with van der Waals surface area (Å²) < 4.78 is 5.15. The number of hydrogen-bond acceptors (Lipinski definition) is 4. The second kappa shape index (κ2) is 7.08. The van der Waals surface area contributed by atoms with Crippen LogP contribution in [0.2, 0.25) is 0 Å². The van der Waals surface area contributed by atoms with E-state index in [9.17, 15) is 9.59 Å². The number of ether oxygens (including phenoxy) is 1. The monoisotopic (exact) mass is 294 g/mol. The average molecular weight is 294 g/mol. The minimum atomic E-state index is -1.05. The van der Waals surface area contributed by atoms with Crippen molar-refractivity contribution in [3.8, 4) is 0 Å². The number of carboxylic acids is 1. The fourth-order valence-corrected chi connectivity index (χ4v) is 1.73. The van der Waals surface area contributed by atoms with Crippen molar-refractivity contribution in [2.24, 2.45) is 5.73 Å². The van der Waals surface area contributed by atoms with Crippen LogP contribution in [-0.2, 0) is 22.5 Å². The second-order valence-corrected chi connectivity index (χ2v) is 5.77. The van der Waals surface area contributed by atoms with Crippen LogP contribution in [0.4, 0.5) is 4.79 Å². The lowest BCUT2D eigenvalue weighted by Crippen LogP contribution is -2.34. The minimum absolute atomic E-state index is 0.210. The maximum Gasteiger partial charge on any atom is 0.407 e. The Kier molecular flexibility index (Phi) is 5.72. The zero-order valence-electron chi connectivity index (χ0n) is 12.6. The summed E-state index contributed by atoms with van der Waals surface area (Å²) in [5, 5.41) is 11.5. The van der Waals surface area contributed by atoms with Crippen molar-refractivity contribution in [3.63, 3.8) is 0 Å². The predicted molar refractivity (Wildman–Crippen MR) is 78.8 cm³/mol. The fraction of sp³-hybridized carbons (Fsp3) is 0.467. The molecule has 116 valence electrons. The van der Waals surface area contributed by atoms with Gasteiger partial charge in [-0.15, -0.1) is 0 Å². The number of nitrogens with one attached hydrogen (secondary N) is 1. The number of rotatable bonds is 5. The highest BCUT2D eigenvalue weighted by Gasteiger charge is 2.17. The Labute approximate surface area is 124 Å². The number of aliphatic carboxylic acids is 1. The van der Waals surface area contributed by atoms with Gasteiger partial charge < -0.3 is 20.9 Å². The van der Waals surface area contributed by atoms with Crippen LogP contribution in [0.3, 0.4) is 0 Å². The first-order valence-corrected chi connectivity index (χ1v) is 6.71. The van der Waals surface area contributed by atoms with Crippen LogP contribution >= 0.6 is 0 Å². The van der Waals surface area contributed by atoms with Gasteiger partial charge >= 0.3 is 12.1 Å². The van der Waals surface area contributed by atoms with Gasteiger partial charge in [-0.3, -0.25) is 4.79 Å². The second-order valence-electron chi connectivity index (χ2n) is 5.77. The Morgan fingerprint density at radius 2 is 1.86 bits per heavy atom. The molecule has 0 radical (unpaired) electrons. The molecule has 4 N–H and O–H groups in total. The largest absolute Gasteiger partial charge is 0.480 e. The van der Waals surface area contributed by atoms with Gasteiger partial charge in [-0.25, -0.2) is 4.79 Å². The van der Waals surface area contributed by atoms with Crippen molar-refractivity contribution < 1.29 is 19.4 Å². The highest BCUT2D eigenvalue weighted by molar-refractivity contribution is 5.73. The number of benzene rings is 1. The molecule has 0 aliphatic carbocycles. The highest BCUT2D eigenvalue weighted by Crippen LogP contribution is 2.12. The van der Waals surface area contributed by atoms with Crippen LogP contribution < -0.4 is 11.1 Å².